The Balaban J connectivity index is 2.11. The number of rotatable bonds is 3. The molecule has 1 saturated heterocycles. The lowest BCUT2D eigenvalue weighted by molar-refractivity contribution is -0.383. The zero-order valence-corrected chi connectivity index (χ0v) is 11.1. The maximum absolute atomic E-state index is 12.0. The first-order valence-electron chi connectivity index (χ1n) is 5.99. The maximum Gasteiger partial charge on any atom is 0.294 e. The van der Waals surface area contributed by atoms with Gasteiger partial charge in [-0.3, -0.25) is 19.7 Å². The molecule has 0 aromatic heterocycles. The van der Waals surface area contributed by atoms with Crippen LogP contribution in [0.2, 0.25) is 5.02 Å². The van der Waals surface area contributed by atoms with Gasteiger partial charge < -0.3 is 10.6 Å². The number of amides is 2. The molecule has 106 valence electrons. The fourth-order valence-electron chi connectivity index (χ4n) is 1.95. The van der Waals surface area contributed by atoms with Gasteiger partial charge in [0.25, 0.3) is 5.69 Å². The Morgan fingerprint density at radius 1 is 1.50 bits per heavy atom. The van der Waals surface area contributed by atoms with Gasteiger partial charge in [0.1, 0.15) is 5.69 Å². The van der Waals surface area contributed by atoms with Crippen LogP contribution in [0.3, 0.4) is 0 Å². The Hall–Kier alpha value is -2.15. The smallest absolute Gasteiger partial charge is 0.294 e. The zero-order chi connectivity index (χ0) is 14.7. The minimum atomic E-state index is -0.607. The number of hydrogen-bond acceptors (Lipinski definition) is 4. The molecule has 20 heavy (non-hydrogen) atoms. The number of carbonyl (C=O) groups is 2. The van der Waals surface area contributed by atoms with E-state index in [-0.39, 0.29) is 47.1 Å². The van der Waals surface area contributed by atoms with Crippen LogP contribution < -0.4 is 10.6 Å². The molecule has 2 rings (SSSR count). The highest BCUT2D eigenvalue weighted by Crippen LogP contribution is 2.28. The predicted octanol–water partition coefficient (Wildman–Crippen LogP) is 1.71. The minimum Gasteiger partial charge on any atom is -0.355 e. The van der Waals surface area contributed by atoms with Crippen LogP contribution in [0.1, 0.15) is 12.8 Å². The van der Waals surface area contributed by atoms with Gasteiger partial charge in [0.2, 0.25) is 11.8 Å². The highest BCUT2D eigenvalue weighted by atomic mass is 35.5. The lowest BCUT2D eigenvalue weighted by atomic mass is 9.98. The summed E-state index contributed by atoms with van der Waals surface area (Å²) in [4.78, 5) is 33.3. The van der Waals surface area contributed by atoms with Gasteiger partial charge in [-0.25, -0.2) is 0 Å². The molecule has 1 heterocycles. The fraction of sp³-hybridized carbons (Fsp3) is 0.333. The third-order valence-corrected chi connectivity index (χ3v) is 3.29. The van der Waals surface area contributed by atoms with Gasteiger partial charge in [-0.2, -0.15) is 0 Å². The van der Waals surface area contributed by atoms with E-state index in [1.54, 1.807) is 0 Å². The number of nitro benzene ring substituents is 1. The summed E-state index contributed by atoms with van der Waals surface area (Å²) >= 11 is 5.70. The monoisotopic (exact) mass is 297 g/mol. The fourth-order valence-corrected chi connectivity index (χ4v) is 2.12. The Morgan fingerprint density at radius 2 is 2.25 bits per heavy atom. The second-order valence-electron chi connectivity index (χ2n) is 4.45. The van der Waals surface area contributed by atoms with Gasteiger partial charge >= 0.3 is 0 Å². The topological polar surface area (TPSA) is 101 Å². The molecule has 1 unspecified atom stereocenters. The molecule has 0 radical (unpaired) electrons. The highest BCUT2D eigenvalue weighted by molar-refractivity contribution is 6.31. The zero-order valence-electron chi connectivity index (χ0n) is 10.4. The van der Waals surface area contributed by atoms with Gasteiger partial charge in [0, 0.05) is 24.1 Å². The quantitative estimate of drug-likeness (QED) is 0.655. The molecule has 2 N–H and O–H groups in total. The van der Waals surface area contributed by atoms with Crippen molar-refractivity contribution in [2.24, 2.45) is 5.92 Å². The number of piperidine rings is 1. The molecule has 0 bridgehead atoms. The Labute approximate surface area is 119 Å². The van der Waals surface area contributed by atoms with E-state index in [4.69, 9.17) is 11.6 Å². The number of carbonyl (C=O) groups excluding carboxylic acids is 2. The van der Waals surface area contributed by atoms with E-state index in [9.17, 15) is 19.7 Å². The van der Waals surface area contributed by atoms with Crippen LogP contribution in [-0.4, -0.2) is 23.3 Å². The summed E-state index contributed by atoms with van der Waals surface area (Å²) < 4.78 is 0. The molecular formula is C12H12ClN3O4. The Bertz CT molecular complexity index is 566. The number of nitrogens with one attached hydrogen (secondary N) is 2. The average Bonchev–Trinajstić information content (AvgIpc) is 2.41. The van der Waals surface area contributed by atoms with Crippen molar-refractivity contribution in [2.45, 2.75) is 12.8 Å². The van der Waals surface area contributed by atoms with Crippen molar-refractivity contribution in [1.29, 1.82) is 0 Å². The van der Waals surface area contributed by atoms with Crippen LogP contribution >= 0.6 is 11.6 Å². The Morgan fingerprint density at radius 3 is 2.85 bits per heavy atom. The summed E-state index contributed by atoms with van der Waals surface area (Å²) in [5, 5.41) is 16.2. The molecule has 0 saturated carbocycles. The van der Waals surface area contributed by atoms with Gasteiger partial charge in [-0.1, -0.05) is 11.6 Å². The summed E-state index contributed by atoms with van der Waals surface area (Å²) in [7, 11) is 0. The first-order chi connectivity index (χ1) is 9.47. The van der Waals surface area contributed by atoms with Crippen molar-refractivity contribution in [1.82, 2.24) is 5.32 Å². The van der Waals surface area contributed by atoms with Gasteiger partial charge in [0.15, 0.2) is 0 Å². The normalized spacial score (nSPS) is 18.2. The maximum atomic E-state index is 12.0. The van der Waals surface area contributed by atoms with Crippen molar-refractivity contribution in [3.8, 4) is 0 Å². The number of halogens is 1. The molecule has 0 spiro atoms. The van der Waals surface area contributed by atoms with E-state index in [2.05, 4.69) is 10.6 Å². The van der Waals surface area contributed by atoms with E-state index < -0.39 is 4.92 Å². The van der Waals surface area contributed by atoms with Crippen molar-refractivity contribution in [3.63, 3.8) is 0 Å². The van der Waals surface area contributed by atoms with E-state index >= 15 is 0 Å². The average molecular weight is 298 g/mol. The predicted molar refractivity (Wildman–Crippen MR) is 72.5 cm³/mol. The van der Waals surface area contributed by atoms with Gasteiger partial charge in [-0.05, 0) is 18.6 Å². The van der Waals surface area contributed by atoms with E-state index in [0.29, 0.717) is 6.42 Å². The van der Waals surface area contributed by atoms with Crippen LogP contribution in [-0.2, 0) is 9.59 Å². The molecule has 1 aliphatic heterocycles. The third-order valence-electron chi connectivity index (χ3n) is 3.05. The lowest BCUT2D eigenvalue weighted by Gasteiger charge is -2.21. The molecule has 7 nitrogen and oxygen atoms in total. The molecule has 2 amide bonds. The molecule has 1 atom stereocenters. The summed E-state index contributed by atoms with van der Waals surface area (Å²) in [5.41, 5.74) is -0.160. The van der Waals surface area contributed by atoms with E-state index in [1.807, 2.05) is 0 Å². The summed E-state index contributed by atoms with van der Waals surface area (Å²) in [6.07, 6.45) is 0.708. The number of nitro groups is 1. The van der Waals surface area contributed by atoms with Gasteiger partial charge in [-0.15, -0.1) is 0 Å². The summed E-state index contributed by atoms with van der Waals surface area (Å²) in [6, 6.07) is 4.03. The van der Waals surface area contributed by atoms with Gasteiger partial charge in [0.05, 0.1) is 10.8 Å². The van der Waals surface area contributed by atoms with Crippen LogP contribution in [0.15, 0.2) is 18.2 Å². The number of anilines is 1. The molecular weight excluding hydrogens is 286 g/mol. The largest absolute Gasteiger partial charge is 0.355 e. The van der Waals surface area contributed by atoms with E-state index in [1.165, 1.54) is 18.2 Å². The van der Waals surface area contributed by atoms with E-state index in [0.717, 1.165) is 0 Å². The lowest BCUT2D eigenvalue weighted by Crippen LogP contribution is -2.40. The second kappa shape index (κ2) is 5.87. The summed E-state index contributed by atoms with van der Waals surface area (Å²) in [6.45, 7) is 0.242. The standard InChI is InChI=1S/C12H12ClN3O4/c13-8-2-3-9(10(5-8)16(19)20)15-12(18)7-1-4-11(17)14-6-7/h2-3,5,7H,1,4,6H2,(H,14,17)(H,15,18). The molecule has 8 heteroatoms. The third kappa shape index (κ3) is 3.24. The molecule has 1 aliphatic rings. The van der Waals surface area contributed by atoms with Crippen molar-refractivity contribution >= 4 is 34.8 Å². The van der Waals surface area contributed by atoms with Crippen LogP contribution in [0.4, 0.5) is 11.4 Å². The van der Waals surface area contributed by atoms with Crippen LogP contribution in [0, 0.1) is 16.0 Å². The minimum absolute atomic E-state index is 0.0912. The van der Waals surface area contributed by atoms with Crippen molar-refractivity contribution in [2.75, 3.05) is 11.9 Å². The SMILES string of the molecule is O=C1CCC(C(=O)Nc2ccc(Cl)cc2[N+](=O)[O-])CN1. The van der Waals surface area contributed by atoms with Crippen LogP contribution in [0.5, 0.6) is 0 Å². The number of hydrogen-bond donors (Lipinski definition) is 2. The van der Waals surface area contributed by atoms with Crippen molar-refractivity contribution < 1.29 is 14.5 Å². The molecule has 1 aromatic rings. The molecule has 0 aliphatic carbocycles. The first-order valence-corrected chi connectivity index (χ1v) is 6.36. The Kier molecular flexibility index (Phi) is 4.19. The molecule has 1 aromatic carbocycles. The number of benzene rings is 1. The number of nitrogens with zero attached hydrogens (tertiary/aromatic N) is 1. The van der Waals surface area contributed by atoms with Crippen LogP contribution in [0.25, 0.3) is 0 Å². The molecule has 1 fully saturated rings. The summed E-state index contributed by atoms with van der Waals surface area (Å²) in [5.74, 6) is -0.829. The first kappa shape index (κ1) is 14.3. The highest BCUT2D eigenvalue weighted by Gasteiger charge is 2.26. The van der Waals surface area contributed by atoms with Crippen molar-refractivity contribution in [3.05, 3.63) is 33.3 Å². The second-order valence-corrected chi connectivity index (χ2v) is 4.88.